The molecule has 0 saturated carbocycles. The number of rotatable bonds is 1. The zero-order valence-corrected chi connectivity index (χ0v) is 9.85. The van der Waals surface area contributed by atoms with E-state index < -0.39 is 6.10 Å². The van der Waals surface area contributed by atoms with E-state index in [2.05, 4.69) is 0 Å². The molecule has 1 N–H and O–H groups in total. The minimum Gasteiger partial charge on any atom is -0.384 e. The maximum absolute atomic E-state index is 10.0. The summed E-state index contributed by atoms with van der Waals surface area (Å²) in [5, 5.41) is 10.7. The minimum atomic E-state index is -0.557. The SMILES string of the molecule is OC1C=C(c2ccccc2)c2ccc(Cl)cc21. The third kappa shape index (κ3) is 1.78. The topological polar surface area (TPSA) is 20.2 Å². The van der Waals surface area contributed by atoms with Crippen molar-refractivity contribution in [2.45, 2.75) is 6.10 Å². The number of hydrogen-bond acceptors (Lipinski definition) is 1. The lowest BCUT2D eigenvalue weighted by Crippen LogP contribution is -1.90. The van der Waals surface area contributed by atoms with E-state index in [0.29, 0.717) is 5.02 Å². The van der Waals surface area contributed by atoms with E-state index in [0.717, 1.165) is 22.3 Å². The lowest BCUT2D eigenvalue weighted by molar-refractivity contribution is 0.232. The van der Waals surface area contributed by atoms with Gasteiger partial charge in [-0.3, -0.25) is 0 Å². The van der Waals surface area contributed by atoms with Crippen molar-refractivity contribution in [3.63, 3.8) is 0 Å². The van der Waals surface area contributed by atoms with E-state index in [1.165, 1.54) is 0 Å². The summed E-state index contributed by atoms with van der Waals surface area (Å²) in [7, 11) is 0. The Morgan fingerprint density at radius 3 is 2.53 bits per heavy atom. The van der Waals surface area contributed by atoms with Crippen molar-refractivity contribution in [2.75, 3.05) is 0 Å². The molecule has 1 unspecified atom stereocenters. The van der Waals surface area contributed by atoms with E-state index in [9.17, 15) is 5.11 Å². The predicted octanol–water partition coefficient (Wildman–Crippen LogP) is 3.82. The highest BCUT2D eigenvalue weighted by atomic mass is 35.5. The van der Waals surface area contributed by atoms with Gasteiger partial charge in [0.1, 0.15) is 0 Å². The van der Waals surface area contributed by atoms with Gasteiger partial charge in [0.05, 0.1) is 6.10 Å². The third-order valence-corrected chi connectivity index (χ3v) is 3.27. The Morgan fingerprint density at radius 2 is 1.76 bits per heavy atom. The van der Waals surface area contributed by atoms with E-state index in [-0.39, 0.29) is 0 Å². The monoisotopic (exact) mass is 242 g/mol. The largest absolute Gasteiger partial charge is 0.384 e. The molecule has 2 aromatic carbocycles. The Balaban J connectivity index is 2.15. The summed E-state index contributed by atoms with van der Waals surface area (Å²) in [6.07, 6.45) is 1.31. The van der Waals surface area contributed by atoms with Gasteiger partial charge in [-0.2, -0.15) is 0 Å². The molecule has 0 heterocycles. The molecular formula is C15H11ClO. The Morgan fingerprint density at radius 1 is 1.00 bits per heavy atom. The fourth-order valence-electron chi connectivity index (χ4n) is 2.23. The maximum atomic E-state index is 10.0. The molecule has 1 aliphatic carbocycles. The van der Waals surface area contributed by atoms with Crippen molar-refractivity contribution in [1.29, 1.82) is 0 Å². The van der Waals surface area contributed by atoms with Crippen LogP contribution in [0.1, 0.15) is 22.8 Å². The Hall–Kier alpha value is -1.57. The van der Waals surface area contributed by atoms with Gasteiger partial charge in [-0.1, -0.05) is 48.0 Å². The highest BCUT2D eigenvalue weighted by Gasteiger charge is 2.22. The van der Waals surface area contributed by atoms with Crippen molar-refractivity contribution in [1.82, 2.24) is 0 Å². The van der Waals surface area contributed by atoms with E-state index >= 15 is 0 Å². The molecule has 1 nitrogen and oxygen atoms in total. The Bertz CT molecular complexity index is 587. The van der Waals surface area contributed by atoms with Crippen molar-refractivity contribution in [2.24, 2.45) is 0 Å². The van der Waals surface area contributed by atoms with Crippen LogP contribution in [0, 0.1) is 0 Å². The molecule has 0 saturated heterocycles. The molecule has 0 aliphatic heterocycles. The standard InChI is InChI=1S/C15H11ClO/c16-11-6-7-12-13(9-15(17)14(12)8-11)10-4-2-1-3-5-10/h1-9,15,17H. The molecule has 17 heavy (non-hydrogen) atoms. The number of aliphatic hydroxyl groups excluding tert-OH is 1. The van der Waals surface area contributed by atoms with Crippen LogP contribution in [0.4, 0.5) is 0 Å². The summed E-state index contributed by atoms with van der Waals surface area (Å²) < 4.78 is 0. The molecule has 1 aliphatic rings. The molecule has 0 aromatic heterocycles. The molecule has 84 valence electrons. The highest BCUT2D eigenvalue weighted by molar-refractivity contribution is 6.30. The molecule has 2 aromatic rings. The summed E-state index contributed by atoms with van der Waals surface area (Å²) in [6, 6.07) is 15.7. The van der Waals surface area contributed by atoms with Crippen molar-refractivity contribution in [3.8, 4) is 0 Å². The number of hydrogen-bond donors (Lipinski definition) is 1. The lowest BCUT2D eigenvalue weighted by Gasteiger charge is -2.06. The number of fused-ring (bicyclic) bond motifs is 1. The van der Waals surface area contributed by atoms with Crippen LogP contribution < -0.4 is 0 Å². The van der Waals surface area contributed by atoms with Gasteiger partial charge in [-0.05, 0) is 40.5 Å². The molecule has 0 spiro atoms. The third-order valence-electron chi connectivity index (χ3n) is 3.03. The average Bonchev–Trinajstić information content (AvgIpc) is 2.68. The van der Waals surface area contributed by atoms with Crippen LogP contribution >= 0.6 is 11.6 Å². The van der Waals surface area contributed by atoms with Gasteiger partial charge in [-0.25, -0.2) is 0 Å². The highest BCUT2D eigenvalue weighted by Crippen LogP contribution is 2.39. The van der Waals surface area contributed by atoms with Crippen LogP contribution in [0.5, 0.6) is 0 Å². The number of halogens is 1. The molecule has 0 bridgehead atoms. The zero-order chi connectivity index (χ0) is 11.8. The average molecular weight is 243 g/mol. The molecular weight excluding hydrogens is 232 g/mol. The summed E-state index contributed by atoms with van der Waals surface area (Å²) in [4.78, 5) is 0. The van der Waals surface area contributed by atoms with Crippen LogP contribution in [0.25, 0.3) is 5.57 Å². The Labute approximate surface area is 105 Å². The van der Waals surface area contributed by atoms with Gasteiger partial charge in [0.15, 0.2) is 0 Å². The predicted molar refractivity (Wildman–Crippen MR) is 69.9 cm³/mol. The van der Waals surface area contributed by atoms with Gasteiger partial charge in [0, 0.05) is 5.02 Å². The molecule has 1 atom stereocenters. The summed E-state index contributed by atoms with van der Waals surface area (Å²) in [5.41, 5.74) is 4.14. The van der Waals surface area contributed by atoms with E-state index in [4.69, 9.17) is 11.6 Å². The Kier molecular flexibility index (Phi) is 2.50. The first-order valence-electron chi connectivity index (χ1n) is 5.51. The molecule has 0 radical (unpaired) electrons. The van der Waals surface area contributed by atoms with E-state index in [1.54, 1.807) is 0 Å². The maximum Gasteiger partial charge on any atom is 0.0987 e. The molecule has 3 rings (SSSR count). The number of benzene rings is 2. The van der Waals surface area contributed by atoms with Crippen LogP contribution in [0.3, 0.4) is 0 Å². The van der Waals surface area contributed by atoms with Crippen molar-refractivity contribution < 1.29 is 5.11 Å². The first-order valence-corrected chi connectivity index (χ1v) is 5.88. The van der Waals surface area contributed by atoms with Crippen LogP contribution in [-0.4, -0.2) is 5.11 Å². The second kappa shape index (κ2) is 4.02. The smallest absolute Gasteiger partial charge is 0.0987 e. The van der Waals surface area contributed by atoms with Crippen LogP contribution in [-0.2, 0) is 0 Å². The van der Waals surface area contributed by atoms with Crippen LogP contribution in [0.15, 0.2) is 54.6 Å². The fraction of sp³-hybridized carbons (Fsp3) is 0.0667. The van der Waals surface area contributed by atoms with Gasteiger partial charge in [-0.15, -0.1) is 0 Å². The number of aliphatic hydroxyl groups is 1. The lowest BCUT2D eigenvalue weighted by atomic mass is 9.99. The zero-order valence-electron chi connectivity index (χ0n) is 9.10. The van der Waals surface area contributed by atoms with Crippen molar-refractivity contribution >= 4 is 17.2 Å². The summed E-state index contributed by atoms with van der Waals surface area (Å²) in [6.45, 7) is 0. The normalized spacial score (nSPS) is 17.8. The fourth-order valence-corrected chi connectivity index (χ4v) is 2.41. The summed E-state index contributed by atoms with van der Waals surface area (Å²) >= 11 is 5.95. The first-order chi connectivity index (χ1) is 8.25. The first kappa shape index (κ1) is 10.6. The van der Waals surface area contributed by atoms with Gasteiger partial charge >= 0.3 is 0 Å². The quantitative estimate of drug-likeness (QED) is 0.806. The van der Waals surface area contributed by atoms with Crippen LogP contribution in [0.2, 0.25) is 5.02 Å². The second-order valence-corrected chi connectivity index (χ2v) is 4.56. The minimum absolute atomic E-state index is 0.557. The molecule has 0 fully saturated rings. The van der Waals surface area contributed by atoms with Gasteiger partial charge < -0.3 is 5.11 Å². The van der Waals surface area contributed by atoms with Crippen molar-refractivity contribution in [3.05, 3.63) is 76.3 Å². The second-order valence-electron chi connectivity index (χ2n) is 4.12. The van der Waals surface area contributed by atoms with E-state index in [1.807, 2.05) is 54.6 Å². The summed E-state index contributed by atoms with van der Waals surface area (Å²) in [5.74, 6) is 0. The molecule has 0 amide bonds. The van der Waals surface area contributed by atoms with Gasteiger partial charge in [0.2, 0.25) is 0 Å². The van der Waals surface area contributed by atoms with Gasteiger partial charge in [0.25, 0.3) is 0 Å². The molecule has 2 heteroatoms.